The summed E-state index contributed by atoms with van der Waals surface area (Å²) >= 11 is 0. The summed E-state index contributed by atoms with van der Waals surface area (Å²) in [6.45, 7) is 0.247. The van der Waals surface area contributed by atoms with Crippen LogP contribution >= 0.6 is 0 Å². The Morgan fingerprint density at radius 1 is 1.15 bits per heavy atom. The Hall–Kier alpha value is -3.88. The Bertz CT molecular complexity index is 1030. The van der Waals surface area contributed by atoms with E-state index in [4.69, 9.17) is 14.0 Å². The normalized spacial score (nSPS) is 12.0. The molecule has 2 aromatic carbocycles. The van der Waals surface area contributed by atoms with Crippen LogP contribution in [-0.4, -0.2) is 22.8 Å². The number of para-hydroxylation sites is 1. The second kappa shape index (κ2) is 6.79. The molecule has 136 valence electrons. The van der Waals surface area contributed by atoms with Crippen LogP contribution < -0.4 is 14.8 Å². The number of nitrogens with zero attached hydrogens (tertiary/aromatic N) is 2. The quantitative estimate of drug-likeness (QED) is 0.544. The number of nitrogens with one attached hydrogen (secondary N) is 1. The van der Waals surface area contributed by atoms with Gasteiger partial charge in [-0.15, -0.1) is 0 Å². The van der Waals surface area contributed by atoms with Crippen molar-refractivity contribution in [2.45, 2.75) is 6.54 Å². The summed E-state index contributed by atoms with van der Waals surface area (Å²) in [5, 5.41) is 17.5. The highest BCUT2D eigenvalue weighted by Crippen LogP contribution is 2.36. The van der Waals surface area contributed by atoms with Crippen molar-refractivity contribution < 1.29 is 23.7 Å². The molecule has 9 heteroatoms. The number of benzene rings is 2. The molecular weight excluding hydrogens is 354 g/mol. The maximum atomic E-state index is 12.2. The Morgan fingerprint density at radius 3 is 2.81 bits per heavy atom. The third-order valence-corrected chi connectivity index (χ3v) is 3.99. The zero-order chi connectivity index (χ0) is 18.8. The Balaban J connectivity index is 1.46. The molecule has 0 spiro atoms. The van der Waals surface area contributed by atoms with E-state index in [0.717, 1.165) is 5.56 Å². The maximum Gasteiger partial charge on any atom is 0.282 e. The van der Waals surface area contributed by atoms with Gasteiger partial charge in [0, 0.05) is 17.7 Å². The van der Waals surface area contributed by atoms with Gasteiger partial charge >= 0.3 is 0 Å². The van der Waals surface area contributed by atoms with Gasteiger partial charge in [0.25, 0.3) is 11.6 Å². The molecule has 3 aromatic rings. The van der Waals surface area contributed by atoms with Crippen LogP contribution in [0.2, 0.25) is 0 Å². The van der Waals surface area contributed by atoms with Gasteiger partial charge < -0.3 is 19.3 Å². The van der Waals surface area contributed by atoms with Gasteiger partial charge in [-0.3, -0.25) is 14.9 Å². The molecule has 1 aromatic heterocycles. The molecule has 0 unspecified atom stereocenters. The SMILES string of the molecule is O=C(NCc1cc(-c2ccc3c(c2)OCO3)on1)c1ccccc1[N+](=O)[O-]. The molecular formula is C18H13N3O6. The Labute approximate surface area is 152 Å². The number of ether oxygens (including phenoxy) is 2. The number of hydrogen-bond donors (Lipinski definition) is 1. The summed E-state index contributed by atoms with van der Waals surface area (Å²) in [6.07, 6.45) is 0. The molecule has 0 saturated heterocycles. The van der Waals surface area contributed by atoms with Crippen molar-refractivity contribution in [2.24, 2.45) is 0 Å². The first kappa shape index (κ1) is 16.6. The summed E-state index contributed by atoms with van der Waals surface area (Å²) in [6, 6.07) is 12.8. The number of rotatable bonds is 5. The summed E-state index contributed by atoms with van der Waals surface area (Å²) in [7, 11) is 0. The molecule has 27 heavy (non-hydrogen) atoms. The smallest absolute Gasteiger partial charge is 0.282 e. The van der Waals surface area contributed by atoms with Gasteiger partial charge in [-0.2, -0.15) is 0 Å². The van der Waals surface area contributed by atoms with Gasteiger partial charge in [0.1, 0.15) is 11.3 Å². The zero-order valence-electron chi connectivity index (χ0n) is 13.9. The first-order valence-electron chi connectivity index (χ1n) is 7.99. The van der Waals surface area contributed by atoms with Gasteiger partial charge in [0.05, 0.1) is 11.5 Å². The van der Waals surface area contributed by atoms with E-state index < -0.39 is 10.8 Å². The molecule has 1 N–H and O–H groups in total. The highest BCUT2D eigenvalue weighted by Gasteiger charge is 2.20. The molecule has 2 heterocycles. The maximum absolute atomic E-state index is 12.2. The van der Waals surface area contributed by atoms with Crippen LogP contribution in [0.3, 0.4) is 0 Å². The van der Waals surface area contributed by atoms with Gasteiger partial charge in [0.2, 0.25) is 6.79 Å². The van der Waals surface area contributed by atoms with Gasteiger partial charge in [-0.25, -0.2) is 0 Å². The minimum absolute atomic E-state index is 0.0120. The average Bonchev–Trinajstić information content (AvgIpc) is 3.34. The third kappa shape index (κ3) is 3.30. The highest BCUT2D eigenvalue weighted by molar-refractivity contribution is 5.98. The summed E-state index contributed by atoms with van der Waals surface area (Å²) in [5.74, 6) is 1.23. The zero-order valence-corrected chi connectivity index (χ0v) is 13.9. The molecule has 0 bridgehead atoms. The number of carbonyl (C=O) groups is 1. The van der Waals surface area contributed by atoms with Gasteiger partial charge in [0.15, 0.2) is 17.3 Å². The van der Waals surface area contributed by atoms with Crippen LogP contribution in [-0.2, 0) is 6.54 Å². The molecule has 1 amide bonds. The number of nitro benzene ring substituents is 1. The average molecular weight is 367 g/mol. The summed E-state index contributed by atoms with van der Waals surface area (Å²) in [5.41, 5.74) is 0.968. The molecule has 1 aliphatic rings. The molecule has 0 radical (unpaired) electrons. The number of fused-ring (bicyclic) bond motifs is 1. The van der Waals surface area contributed by atoms with E-state index in [2.05, 4.69) is 10.5 Å². The van der Waals surface area contributed by atoms with Gasteiger partial charge in [-0.05, 0) is 24.3 Å². The van der Waals surface area contributed by atoms with E-state index in [1.54, 1.807) is 24.3 Å². The number of aromatic nitrogens is 1. The van der Waals surface area contributed by atoms with Crippen molar-refractivity contribution in [2.75, 3.05) is 6.79 Å². The van der Waals surface area contributed by atoms with Crippen LogP contribution in [0.15, 0.2) is 53.1 Å². The molecule has 0 atom stereocenters. The van der Waals surface area contributed by atoms with Crippen molar-refractivity contribution >= 4 is 11.6 Å². The van der Waals surface area contributed by atoms with Crippen molar-refractivity contribution in [3.05, 3.63) is 69.9 Å². The summed E-state index contributed by atoms with van der Waals surface area (Å²) < 4.78 is 15.9. The minimum atomic E-state index is -0.594. The second-order valence-electron chi connectivity index (χ2n) is 5.71. The Morgan fingerprint density at radius 2 is 1.96 bits per heavy atom. The van der Waals surface area contributed by atoms with Crippen molar-refractivity contribution in [3.63, 3.8) is 0 Å². The lowest BCUT2D eigenvalue weighted by Crippen LogP contribution is -2.23. The number of nitro groups is 1. The second-order valence-corrected chi connectivity index (χ2v) is 5.71. The fourth-order valence-electron chi connectivity index (χ4n) is 2.67. The van der Waals surface area contributed by atoms with Crippen molar-refractivity contribution in [3.8, 4) is 22.8 Å². The standard InChI is InChI=1S/C18H13N3O6/c22-18(13-3-1-2-4-14(13)21(23)24)19-9-12-8-16(27-20-12)11-5-6-15-17(7-11)26-10-25-15/h1-8H,9-10H2,(H,19,22). The van der Waals surface area contributed by atoms with Gasteiger partial charge in [-0.1, -0.05) is 17.3 Å². The Kier molecular flexibility index (Phi) is 4.17. The number of hydrogen-bond acceptors (Lipinski definition) is 7. The van der Waals surface area contributed by atoms with E-state index in [-0.39, 0.29) is 24.6 Å². The molecule has 9 nitrogen and oxygen atoms in total. The topological polar surface area (TPSA) is 117 Å². The van der Waals surface area contributed by atoms with E-state index in [9.17, 15) is 14.9 Å². The molecule has 1 aliphatic heterocycles. The first-order valence-corrected chi connectivity index (χ1v) is 7.99. The van der Waals surface area contributed by atoms with Crippen molar-refractivity contribution in [1.82, 2.24) is 10.5 Å². The van der Waals surface area contributed by atoms with Crippen LogP contribution in [0.25, 0.3) is 11.3 Å². The molecule has 0 aliphatic carbocycles. The van der Waals surface area contributed by atoms with E-state index >= 15 is 0 Å². The predicted molar refractivity (Wildman–Crippen MR) is 92.3 cm³/mol. The largest absolute Gasteiger partial charge is 0.454 e. The lowest BCUT2D eigenvalue weighted by Gasteiger charge is -2.03. The van der Waals surface area contributed by atoms with Crippen molar-refractivity contribution in [1.29, 1.82) is 0 Å². The first-order chi connectivity index (χ1) is 13.1. The summed E-state index contributed by atoms with van der Waals surface area (Å²) in [4.78, 5) is 22.7. The van der Waals surface area contributed by atoms with E-state index in [0.29, 0.717) is 23.0 Å². The number of amides is 1. The van der Waals surface area contributed by atoms with Crippen LogP contribution in [0.5, 0.6) is 11.5 Å². The van der Waals surface area contributed by atoms with E-state index in [1.165, 1.54) is 18.2 Å². The lowest BCUT2D eigenvalue weighted by molar-refractivity contribution is -0.385. The fourth-order valence-corrected chi connectivity index (χ4v) is 2.67. The monoisotopic (exact) mass is 367 g/mol. The molecule has 4 rings (SSSR count). The number of carbonyl (C=O) groups excluding carboxylic acids is 1. The van der Waals surface area contributed by atoms with Crippen LogP contribution in [0, 0.1) is 10.1 Å². The van der Waals surface area contributed by atoms with Crippen LogP contribution in [0.1, 0.15) is 16.1 Å². The molecule has 0 saturated carbocycles. The highest BCUT2D eigenvalue weighted by atomic mass is 16.7. The predicted octanol–water partition coefficient (Wildman–Crippen LogP) is 2.91. The minimum Gasteiger partial charge on any atom is -0.454 e. The fraction of sp³-hybridized carbons (Fsp3) is 0.111. The van der Waals surface area contributed by atoms with Crippen LogP contribution in [0.4, 0.5) is 5.69 Å². The lowest BCUT2D eigenvalue weighted by atomic mass is 10.1. The molecule has 0 fully saturated rings. The van der Waals surface area contributed by atoms with E-state index in [1.807, 2.05) is 6.07 Å². The third-order valence-electron chi connectivity index (χ3n) is 3.99.